The molecule has 0 saturated heterocycles. The quantitative estimate of drug-likeness (QED) is 0.860. The molecule has 0 spiro atoms. The van der Waals surface area contributed by atoms with Crippen LogP contribution in [0, 0.1) is 0 Å². The number of ether oxygens (including phenoxy) is 1. The normalized spacial score (nSPS) is 10.9. The monoisotopic (exact) mass is 324 g/mol. The van der Waals surface area contributed by atoms with Crippen molar-refractivity contribution in [3.63, 3.8) is 0 Å². The average Bonchev–Trinajstić information content (AvgIpc) is 2.61. The molecule has 0 fully saturated rings. The molecule has 0 aliphatic heterocycles. The Morgan fingerprint density at radius 2 is 1.62 bits per heavy atom. The first-order chi connectivity index (χ1) is 11.5. The highest BCUT2D eigenvalue weighted by Gasteiger charge is 2.16. The van der Waals surface area contributed by atoms with Gasteiger partial charge in [-0.25, -0.2) is 0 Å². The van der Waals surface area contributed by atoms with E-state index in [1.54, 1.807) is 63.7 Å². The highest BCUT2D eigenvalue weighted by Crippen LogP contribution is 2.14. The third-order valence-electron chi connectivity index (χ3n) is 3.35. The zero-order chi connectivity index (χ0) is 17.5. The van der Waals surface area contributed by atoms with Gasteiger partial charge in [-0.2, -0.15) is 0 Å². The standard InChI is InChI=1S/C19H20N2O3/c1-21(2)19(23)17(13-14-9-11-16(24-3)12-10-14)20-18(22)15-7-5-4-6-8-15/h4-13H,1-3H3,(H,20,22). The summed E-state index contributed by atoms with van der Waals surface area (Å²) in [5.41, 5.74) is 1.48. The van der Waals surface area contributed by atoms with Gasteiger partial charge in [0.1, 0.15) is 11.4 Å². The lowest BCUT2D eigenvalue weighted by Crippen LogP contribution is -2.34. The van der Waals surface area contributed by atoms with Gasteiger partial charge < -0.3 is 15.0 Å². The van der Waals surface area contributed by atoms with Crippen molar-refractivity contribution in [3.8, 4) is 5.75 Å². The number of nitrogens with one attached hydrogen (secondary N) is 1. The fourth-order valence-electron chi connectivity index (χ4n) is 2.04. The van der Waals surface area contributed by atoms with E-state index in [9.17, 15) is 9.59 Å². The number of carbonyl (C=O) groups is 2. The van der Waals surface area contributed by atoms with Gasteiger partial charge in [0.05, 0.1) is 7.11 Å². The fraction of sp³-hybridized carbons (Fsp3) is 0.158. The van der Waals surface area contributed by atoms with Crippen LogP contribution < -0.4 is 10.1 Å². The molecule has 24 heavy (non-hydrogen) atoms. The largest absolute Gasteiger partial charge is 0.497 e. The Morgan fingerprint density at radius 3 is 2.17 bits per heavy atom. The van der Waals surface area contributed by atoms with Crippen molar-refractivity contribution in [3.05, 3.63) is 71.4 Å². The van der Waals surface area contributed by atoms with Gasteiger partial charge >= 0.3 is 0 Å². The van der Waals surface area contributed by atoms with E-state index in [0.29, 0.717) is 5.56 Å². The molecule has 124 valence electrons. The topological polar surface area (TPSA) is 58.6 Å². The van der Waals surface area contributed by atoms with Crippen molar-refractivity contribution in [1.82, 2.24) is 10.2 Å². The van der Waals surface area contributed by atoms with E-state index in [0.717, 1.165) is 11.3 Å². The number of likely N-dealkylation sites (N-methyl/N-ethyl adjacent to an activating group) is 1. The summed E-state index contributed by atoms with van der Waals surface area (Å²) in [6, 6.07) is 16.0. The maximum atomic E-state index is 12.4. The van der Waals surface area contributed by atoms with Crippen LogP contribution >= 0.6 is 0 Å². The van der Waals surface area contributed by atoms with E-state index in [4.69, 9.17) is 4.74 Å². The van der Waals surface area contributed by atoms with Gasteiger partial charge in [0.25, 0.3) is 11.8 Å². The molecule has 0 heterocycles. The highest BCUT2D eigenvalue weighted by molar-refractivity contribution is 6.05. The number of amides is 2. The summed E-state index contributed by atoms with van der Waals surface area (Å²) in [7, 11) is 4.86. The van der Waals surface area contributed by atoms with Gasteiger partial charge in [0, 0.05) is 19.7 Å². The SMILES string of the molecule is COc1ccc(C=C(NC(=O)c2ccccc2)C(=O)N(C)C)cc1. The zero-order valence-corrected chi connectivity index (χ0v) is 13.9. The number of hydrogen-bond donors (Lipinski definition) is 1. The van der Waals surface area contributed by atoms with E-state index >= 15 is 0 Å². The minimum Gasteiger partial charge on any atom is -0.497 e. The lowest BCUT2D eigenvalue weighted by atomic mass is 10.1. The summed E-state index contributed by atoms with van der Waals surface area (Å²) in [5, 5.41) is 2.69. The molecule has 0 unspecified atom stereocenters. The van der Waals surface area contributed by atoms with Crippen LogP contribution in [0.4, 0.5) is 0 Å². The molecule has 2 aromatic carbocycles. The second-order valence-corrected chi connectivity index (χ2v) is 5.35. The molecule has 2 amide bonds. The van der Waals surface area contributed by atoms with Crippen LogP contribution in [0.25, 0.3) is 6.08 Å². The molecule has 0 radical (unpaired) electrons. The predicted octanol–water partition coefficient (Wildman–Crippen LogP) is 2.55. The average molecular weight is 324 g/mol. The molecule has 2 rings (SSSR count). The van der Waals surface area contributed by atoms with Crippen LogP contribution in [0.15, 0.2) is 60.3 Å². The lowest BCUT2D eigenvalue weighted by Gasteiger charge is -2.15. The number of methoxy groups -OCH3 is 1. The number of rotatable bonds is 5. The summed E-state index contributed by atoms with van der Waals surface area (Å²) in [6.45, 7) is 0. The summed E-state index contributed by atoms with van der Waals surface area (Å²) >= 11 is 0. The number of benzene rings is 2. The number of nitrogens with zero attached hydrogens (tertiary/aromatic N) is 1. The van der Waals surface area contributed by atoms with Gasteiger partial charge in [-0.1, -0.05) is 30.3 Å². The van der Waals surface area contributed by atoms with Crippen molar-refractivity contribution in [2.75, 3.05) is 21.2 Å². The molecule has 1 N–H and O–H groups in total. The molecule has 0 aliphatic rings. The molecule has 0 saturated carbocycles. The number of hydrogen-bond acceptors (Lipinski definition) is 3. The van der Waals surface area contributed by atoms with E-state index in [2.05, 4.69) is 5.32 Å². The summed E-state index contributed by atoms with van der Waals surface area (Å²) in [4.78, 5) is 26.1. The molecule has 0 aliphatic carbocycles. The molecule has 0 bridgehead atoms. The molecular formula is C19H20N2O3. The zero-order valence-electron chi connectivity index (χ0n) is 13.9. The van der Waals surface area contributed by atoms with E-state index in [-0.39, 0.29) is 17.5 Å². The van der Waals surface area contributed by atoms with Crippen molar-refractivity contribution < 1.29 is 14.3 Å². The Kier molecular flexibility index (Phi) is 5.73. The van der Waals surface area contributed by atoms with E-state index in [1.807, 2.05) is 18.2 Å². The Morgan fingerprint density at radius 1 is 1.00 bits per heavy atom. The van der Waals surface area contributed by atoms with Crippen LogP contribution in [0.2, 0.25) is 0 Å². The molecular weight excluding hydrogens is 304 g/mol. The summed E-state index contributed by atoms with van der Waals surface area (Å²) in [5.74, 6) is 0.113. The molecule has 5 heteroatoms. The Balaban J connectivity index is 2.28. The first kappa shape index (κ1) is 17.3. The smallest absolute Gasteiger partial charge is 0.269 e. The van der Waals surface area contributed by atoms with Crippen LogP contribution in [0.1, 0.15) is 15.9 Å². The first-order valence-electron chi connectivity index (χ1n) is 7.45. The van der Waals surface area contributed by atoms with Gasteiger partial charge in [-0.05, 0) is 35.9 Å². The van der Waals surface area contributed by atoms with Gasteiger partial charge in [-0.3, -0.25) is 9.59 Å². The second-order valence-electron chi connectivity index (χ2n) is 5.35. The van der Waals surface area contributed by atoms with Crippen LogP contribution in [-0.2, 0) is 4.79 Å². The maximum absolute atomic E-state index is 12.4. The summed E-state index contributed by atoms with van der Waals surface area (Å²) < 4.78 is 5.12. The summed E-state index contributed by atoms with van der Waals surface area (Å²) in [6.07, 6.45) is 1.64. The molecule has 2 aromatic rings. The van der Waals surface area contributed by atoms with Crippen molar-refractivity contribution in [2.45, 2.75) is 0 Å². The van der Waals surface area contributed by atoms with Crippen molar-refractivity contribution >= 4 is 17.9 Å². The van der Waals surface area contributed by atoms with Crippen LogP contribution in [0.5, 0.6) is 5.75 Å². The van der Waals surface area contributed by atoms with Crippen LogP contribution in [-0.4, -0.2) is 37.9 Å². The first-order valence-corrected chi connectivity index (χ1v) is 7.45. The Labute approximate surface area is 141 Å². The number of carbonyl (C=O) groups excluding carboxylic acids is 2. The third kappa shape index (κ3) is 4.46. The maximum Gasteiger partial charge on any atom is 0.269 e. The molecule has 0 atom stereocenters. The van der Waals surface area contributed by atoms with E-state index < -0.39 is 0 Å². The Bertz CT molecular complexity index is 735. The minimum atomic E-state index is -0.328. The van der Waals surface area contributed by atoms with Crippen LogP contribution in [0.3, 0.4) is 0 Å². The van der Waals surface area contributed by atoms with Gasteiger partial charge in [0.15, 0.2) is 0 Å². The minimum absolute atomic E-state index is 0.207. The van der Waals surface area contributed by atoms with Gasteiger partial charge in [0.2, 0.25) is 0 Å². The lowest BCUT2D eigenvalue weighted by molar-refractivity contribution is -0.124. The highest BCUT2D eigenvalue weighted by atomic mass is 16.5. The van der Waals surface area contributed by atoms with Gasteiger partial charge in [-0.15, -0.1) is 0 Å². The third-order valence-corrected chi connectivity index (χ3v) is 3.35. The second kappa shape index (κ2) is 7.97. The fourth-order valence-corrected chi connectivity index (χ4v) is 2.04. The van der Waals surface area contributed by atoms with Crippen molar-refractivity contribution in [2.24, 2.45) is 0 Å². The molecule has 5 nitrogen and oxygen atoms in total. The van der Waals surface area contributed by atoms with E-state index in [1.165, 1.54) is 4.90 Å². The van der Waals surface area contributed by atoms with Crippen molar-refractivity contribution in [1.29, 1.82) is 0 Å². The predicted molar refractivity (Wildman–Crippen MR) is 93.6 cm³/mol. The Hall–Kier alpha value is -3.08. The molecule has 0 aromatic heterocycles.